The Bertz CT molecular complexity index is 1020. The predicted molar refractivity (Wildman–Crippen MR) is 106 cm³/mol. The number of fused-ring (bicyclic) bond motifs is 1. The van der Waals surface area contributed by atoms with E-state index in [0.717, 1.165) is 16.5 Å². The number of nitrogens with zero attached hydrogens (tertiary/aromatic N) is 1. The molecule has 29 heavy (non-hydrogen) atoms. The van der Waals surface area contributed by atoms with Gasteiger partial charge >= 0.3 is 6.03 Å². The first kappa shape index (κ1) is 18.8. The summed E-state index contributed by atoms with van der Waals surface area (Å²) in [5.41, 5.74) is 2.08. The van der Waals surface area contributed by atoms with Gasteiger partial charge in [0, 0.05) is 30.1 Å². The van der Waals surface area contributed by atoms with Gasteiger partial charge < -0.3 is 20.0 Å². The number of nitrogens with one attached hydrogen (secondary N) is 3. The number of hydrogen-bond donors (Lipinski definition) is 3. The van der Waals surface area contributed by atoms with Crippen LogP contribution in [0.5, 0.6) is 0 Å². The van der Waals surface area contributed by atoms with Crippen molar-refractivity contribution in [2.24, 2.45) is 0 Å². The van der Waals surface area contributed by atoms with Crippen LogP contribution in [0.2, 0.25) is 0 Å². The Balaban J connectivity index is 1.27. The fraction of sp³-hybridized carbons (Fsp3) is 0.286. The van der Waals surface area contributed by atoms with Crippen molar-refractivity contribution in [1.82, 2.24) is 20.5 Å². The highest BCUT2D eigenvalue weighted by molar-refractivity contribution is 6.04. The lowest BCUT2D eigenvalue weighted by molar-refractivity contribution is -0.127. The summed E-state index contributed by atoms with van der Waals surface area (Å²) in [4.78, 5) is 41.2. The van der Waals surface area contributed by atoms with Crippen LogP contribution in [0.3, 0.4) is 0 Å². The molecule has 0 radical (unpaired) electrons. The highest BCUT2D eigenvalue weighted by Crippen LogP contribution is 2.19. The molecule has 8 heteroatoms. The molecule has 1 aliphatic rings. The van der Waals surface area contributed by atoms with Gasteiger partial charge in [-0.25, -0.2) is 4.79 Å². The molecule has 8 nitrogen and oxygen atoms in total. The molecular weight excluding hydrogens is 372 g/mol. The van der Waals surface area contributed by atoms with Gasteiger partial charge in [0.1, 0.15) is 11.8 Å². The molecule has 1 aromatic carbocycles. The number of para-hydroxylation sites is 1. The summed E-state index contributed by atoms with van der Waals surface area (Å²) in [6, 6.07) is 10.4. The van der Waals surface area contributed by atoms with E-state index in [4.69, 9.17) is 4.42 Å². The van der Waals surface area contributed by atoms with Crippen molar-refractivity contribution in [2.75, 3.05) is 6.54 Å². The maximum absolute atomic E-state index is 12.6. The molecule has 150 valence electrons. The van der Waals surface area contributed by atoms with E-state index in [9.17, 15) is 14.4 Å². The molecule has 0 saturated carbocycles. The first-order valence-electron chi connectivity index (χ1n) is 9.58. The van der Waals surface area contributed by atoms with E-state index >= 15 is 0 Å². The minimum atomic E-state index is -0.667. The maximum atomic E-state index is 12.6. The zero-order valence-electron chi connectivity index (χ0n) is 15.8. The second-order valence-corrected chi connectivity index (χ2v) is 7.00. The fourth-order valence-corrected chi connectivity index (χ4v) is 3.52. The van der Waals surface area contributed by atoms with E-state index in [-0.39, 0.29) is 24.7 Å². The number of carbonyl (C=O) groups is 3. The molecule has 2 aromatic heterocycles. The van der Waals surface area contributed by atoms with Gasteiger partial charge in [0.2, 0.25) is 5.91 Å². The van der Waals surface area contributed by atoms with Crippen molar-refractivity contribution < 1.29 is 18.8 Å². The van der Waals surface area contributed by atoms with Crippen molar-refractivity contribution >= 4 is 28.7 Å². The summed E-state index contributed by atoms with van der Waals surface area (Å²) in [7, 11) is 0. The molecule has 0 spiro atoms. The molecule has 0 bridgehead atoms. The SMILES string of the molecule is O=C(CCC1NC(=O)N(CCc2c[nH]c3ccccc23)C1=O)NCc1ccco1. The first-order chi connectivity index (χ1) is 14.1. The quantitative estimate of drug-likeness (QED) is 0.510. The normalized spacial score (nSPS) is 16.4. The Morgan fingerprint density at radius 3 is 2.86 bits per heavy atom. The number of aromatic amines is 1. The number of aromatic nitrogens is 1. The van der Waals surface area contributed by atoms with Gasteiger partial charge in [0.05, 0.1) is 12.8 Å². The van der Waals surface area contributed by atoms with Gasteiger partial charge in [-0.1, -0.05) is 18.2 Å². The highest BCUT2D eigenvalue weighted by atomic mass is 16.3. The Labute approximate surface area is 167 Å². The number of imide groups is 1. The van der Waals surface area contributed by atoms with Crippen molar-refractivity contribution in [3.8, 4) is 0 Å². The molecule has 0 aliphatic carbocycles. The molecule has 3 heterocycles. The third-order valence-electron chi connectivity index (χ3n) is 5.09. The van der Waals surface area contributed by atoms with Crippen molar-refractivity contribution in [1.29, 1.82) is 0 Å². The zero-order chi connectivity index (χ0) is 20.2. The topological polar surface area (TPSA) is 107 Å². The number of furan rings is 1. The van der Waals surface area contributed by atoms with Gasteiger partial charge in [0.25, 0.3) is 5.91 Å². The Kier molecular flexibility index (Phi) is 5.33. The zero-order valence-corrected chi connectivity index (χ0v) is 15.8. The number of carbonyl (C=O) groups excluding carboxylic acids is 3. The number of hydrogen-bond acceptors (Lipinski definition) is 4. The number of rotatable bonds is 8. The monoisotopic (exact) mass is 394 g/mol. The van der Waals surface area contributed by atoms with Crippen LogP contribution >= 0.6 is 0 Å². The van der Waals surface area contributed by atoms with E-state index in [1.54, 1.807) is 18.4 Å². The third-order valence-corrected chi connectivity index (χ3v) is 5.09. The van der Waals surface area contributed by atoms with Crippen LogP contribution in [0.4, 0.5) is 4.79 Å². The second-order valence-electron chi connectivity index (χ2n) is 7.00. The Morgan fingerprint density at radius 2 is 2.03 bits per heavy atom. The summed E-state index contributed by atoms with van der Waals surface area (Å²) >= 11 is 0. The highest BCUT2D eigenvalue weighted by Gasteiger charge is 2.37. The fourth-order valence-electron chi connectivity index (χ4n) is 3.52. The maximum Gasteiger partial charge on any atom is 0.324 e. The molecule has 1 fully saturated rings. The van der Waals surface area contributed by atoms with Crippen LogP contribution in [0.15, 0.2) is 53.3 Å². The van der Waals surface area contributed by atoms with Crippen LogP contribution in [-0.4, -0.2) is 40.3 Å². The van der Waals surface area contributed by atoms with Crippen molar-refractivity contribution in [3.63, 3.8) is 0 Å². The minimum absolute atomic E-state index is 0.147. The first-order valence-corrected chi connectivity index (χ1v) is 9.58. The van der Waals surface area contributed by atoms with Gasteiger partial charge in [0.15, 0.2) is 0 Å². The summed E-state index contributed by atoms with van der Waals surface area (Å²) in [6.45, 7) is 0.598. The average molecular weight is 394 g/mol. The van der Waals surface area contributed by atoms with Crippen LogP contribution in [0.1, 0.15) is 24.2 Å². The molecule has 1 unspecified atom stereocenters. The minimum Gasteiger partial charge on any atom is -0.467 e. The Morgan fingerprint density at radius 1 is 1.17 bits per heavy atom. The third kappa shape index (κ3) is 4.16. The van der Waals surface area contributed by atoms with Gasteiger partial charge in [-0.3, -0.25) is 14.5 Å². The second kappa shape index (κ2) is 8.22. The van der Waals surface area contributed by atoms with Crippen LogP contribution in [0.25, 0.3) is 10.9 Å². The van der Waals surface area contributed by atoms with Crippen molar-refractivity contribution in [3.05, 3.63) is 60.2 Å². The van der Waals surface area contributed by atoms with E-state index in [2.05, 4.69) is 15.6 Å². The smallest absolute Gasteiger partial charge is 0.324 e. The molecule has 3 N–H and O–H groups in total. The van der Waals surface area contributed by atoms with E-state index in [0.29, 0.717) is 25.3 Å². The summed E-state index contributed by atoms with van der Waals surface area (Å²) in [6.07, 6.45) is 4.43. The molecule has 1 aliphatic heterocycles. The molecule has 1 atom stereocenters. The summed E-state index contributed by atoms with van der Waals surface area (Å²) in [5.74, 6) is 0.182. The number of benzene rings is 1. The molecular formula is C21H22N4O4. The number of urea groups is 1. The Hall–Kier alpha value is -3.55. The molecule has 1 saturated heterocycles. The summed E-state index contributed by atoms with van der Waals surface area (Å²) in [5, 5.41) is 6.50. The van der Waals surface area contributed by atoms with Crippen molar-refractivity contribution in [2.45, 2.75) is 31.8 Å². The molecule has 4 rings (SSSR count). The number of H-pyrrole nitrogens is 1. The van der Waals surface area contributed by atoms with Crippen LogP contribution < -0.4 is 10.6 Å². The largest absolute Gasteiger partial charge is 0.467 e. The lowest BCUT2D eigenvalue weighted by Crippen LogP contribution is -2.33. The van der Waals surface area contributed by atoms with E-state index < -0.39 is 12.1 Å². The van der Waals surface area contributed by atoms with Gasteiger partial charge in [-0.05, 0) is 36.6 Å². The van der Waals surface area contributed by atoms with E-state index in [1.807, 2.05) is 30.5 Å². The van der Waals surface area contributed by atoms with E-state index in [1.165, 1.54) is 4.90 Å². The molecule has 3 aromatic rings. The molecule has 4 amide bonds. The average Bonchev–Trinajstić information content (AvgIpc) is 3.44. The van der Waals surface area contributed by atoms with Crippen LogP contribution in [-0.2, 0) is 22.6 Å². The lowest BCUT2D eigenvalue weighted by Gasteiger charge is -2.12. The number of amides is 4. The predicted octanol–water partition coefficient (Wildman–Crippen LogP) is 2.32. The van der Waals surface area contributed by atoms with Gasteiger partial charge in [-0.15, -0.1) is 0 Å². The summed E-state index contributed by atoms with van der Waals surface area (Å²) < 4.78 is 5.16. The van der Waals surface area contributed by atoms with Crippen LogP contribution in [0, 0.1) is 0 Å². The standard InChI is InChI=1S/C21H22N4O4/c26-19(23-13-15-4-3-11-29-15)8-7-18-20(27)25(21(28)24-18)10-9-14-12-22-17-6-2-1-5-16(14)17/h1-6,11-12,18,22H,7-10,13H2,(H,23,26)(H,24,28). The lowest BCUT2D eigenvalue weighted by atomic mass is 10.1. The van der Waals surface area contributed by atoms with Gasteiger partial charge in [-0.2, -0.15) is 0 Å².